The molecule has 0 aliphatic carbocycles. The molecule has 0 heterocycles. The Hall–Kier alpha value is -3.92. The normalized spacial score (nSPS) is 13.2. The summed E-state index contributed by atoms with van der Waals surface area (Å²) in [5, 5.41) is 9.47. The molecular formula is C31H28O4. The summed E-state index contributed by atoms with van der Waals surface area (Å²) < 4.78 is 10.6. The van der Waals surface area contributed by atoms with E-state index in [0.717, 1.165) is 16.3 Å². The highest BCUT2D eigenvalue weighted by atomic mass is 16.6. The second-order valence-electron chi connectivity index (χ2n) is 9.25. The van der Waals surface area contributed by atoms with Crippen molar-refractivity contribution in [2.45, 2.75) is 33.3 Å². The van der Waals surface area contributed by atoms with Gasteiger partial charge in [0.05, 0.1) is 5.92 Å². The minimum atomic E-state index is -0.550. The summed E-state index contributed by atoms with van der Waals surface area (Å²) >= 11 is 0. The Bertz CT molecular complexity index is 1580. The van der Waals surface area contributed by atoms with Crippen molar-refractivity contribution in [3.63, 3.8) is 0 Å². The van der Waals surface area contributed by atoms with Crippen LogP contribution in [0.15, 0.2) is 78.9 Å². The van der Waals surface area contributed by atoms with Gasteiger partial charge in [0.2, 0.25) is 0 Å². The molecule has 5 rings (SSSR count). The highest BCUT2D eigenvalue weighted by Gasteiger charge is 2.17. The zero-order valence-corrected chi connectivity index (χ0v) is 20.2. The summed E-state index contributed by atoms with van der Waals surface area (Å²) in [6, 6.07) is 27.9. The first-order valence-corrected chi connectivity index (χ1v) is 12.1. The smallest absolute Gasteiger partial charge is 0.344 e. The quantitative estimate of drug-likeness (QED) is 0.193. The Morgan fingerprint density at radius 3 is 1.71 bits per heavy atom. The van der Waals surface area contributed by atoms with Gasteiger partial charge in [-0.2, -0.15) is 0 Å². The number of benzene rings is 5. The third-order valence-corrected chi connectivity index (χ3v) is 6.76. The van der Waals surface area contributed by atoms with Crippen molar-refractivity contribution in [3.05, 3.63) is 84.4 Å². The van der Waals surface area contributed by atoms with E-state index in [1.54, 1.807) is 6.92 Å². The molecule has 4 nitrogen and oxygen atoms in total. The lowest BCUT2D eigenvalue weighted by Crippen LogP contribution is -2.21. The van der Waals surface area contributed by atoms with Gasteiger partial charge >= 0.3 is 11.9 Å². The van der Waals surface area contributed by atoms with Gasteiger partial charge in [-0.3, -0.25) is 4.79 Å². The van der Waals surface area contributed by atoms with E-state index in [0.29, 0.717) is 6.42 Å². The lowest BCUT2D eigenvalue weighted by molar-refractivity contribution is -0.164. The van der Waals surface area contributed by atoms with E-state index < -0.39 is 12.1 Å². The molecule has 5 aromatic carbocycles. The largest absolute Gasteiger partial charge is 0.455 e. The maximum absolute atomic E-state index is 12.2. The fraction of sp³-hybridized carbons (Fsp3) is 0.226. The van der Waals surface area contributed by atoms with E-state index in [1.807, 2.05) is 19.9 Å². The average molecular weight is 465 g/mol. The molecule has 0 saturated heterocycles. The Labute approximate surface area is 204 Å². The molecule has 0 spiro atoms. The monoisotopic (exact) mass is 464 g/mol. The minimum absolute atomic E-state index is 0.230. The number of carbonyl (C=O) groups excluding carboxylic acids is 2. The van der Waals surface area contributed by atoms with Gasteiger partial charge in [-0.05, 0) is 104 Å². The number of esters is 2. The zero-order chi connectivity index (χ0) is 24.5. The molecule has 0 amide bonds. The van der Waals surface area contributed by atoms with Crippen molar-refractivity contribution < 1.29 is 19.1 Å². The fourth-order valence-corrected chi connectivity index (χ4v) is 4.45. The maximum atomic E-state index is 12.2. The van der Waals surface area contributed by atoms with Gasteiger partial charge in [-0.25, -0.2) is 4.79 Å². The van der Waals surface area contributed by atoms with Crippen LogP contribution in [0.4, 0.5) is 0 Å². The van der Waals surface area contributed by atoms with Gasteiger partial charge < -0.3 is 9.47 Å². The molecule has 176 valence electrons. The van der Waals surface area contributed by atoms with Crippen LogP contribution in [-0.4, -0.2) is 18.5 Å². The van der Waals surface area contributed by atoms with Crippen LogP contribution < -0.4 is 0 Å². The summed E-state index contributed by atoms with van der Waals surface area (Å²) in [5.74, 6) is -1.16. The molecule has 0 radical (unpaired) electrons. The number of rotatable bonds is 6. The summed E-state index contributed by atoms with van der Waals surface area (Å²) in [4.78, 5) is 24.0. The summed E-state index contributed by atoms with van der Waals surface area (Å²) in [6.07, 6.45) is 0.218. The Balaban J connectivity index is 1.40. The lowest BCUT2D eigenvalue weighted by Gasteiger charge is -2.15. The second-order valence-corrected chi connectivity index (χ2v) is 9.25. The van der Waals surface area contributed by atoms with Gasteiger partial charge in [0.15, 0.2) is 6.61 Å². The van der Waals surface area contributed by atoms with Crippen molar-refractivity contribution in [2.75, 3.05) is 6.61 Å². The first-order valence-electron chi connectivity index (χ1n) is 12.1. The van der Waals surface area contributed by atoms with Gasteiger partial charge in [0.1, 0.15) is 6.10 Å². The van der Waals surface area contributed by atoms with Crippen LogP contribution in [0.2, 0.25) is 0 Å². The van der Waals surface area contributed by atoms with E-state index in [-0.39, 0.29) is 18.5 Å². The minimum Gasteiger partial charge on any atom is -0.455 e. The molecule has 2 atom stereocenters. The maximum Gasteiger partial charge on any atom is 0.344 e. The van der Waals surface area contributed by atoms with E-state index in [4.69, 9.17) is 9.47 Å². The molecule has 5 aromatic rings. The van der Waals surface area contributed by atoms with Gasteiger partial charge in [-0.15, -0.1) is 0 Å². The van der Waals surface area contributed by atoms with E-state index in [2.05, 4.69) is 72.8 Å². The summed E-state index contributed by atoms with van der Waals surface area (Å²) in [7, 11) is 0. The Morgan fingerprint density at radius 1 is 0.686 bits per heavy atom. The van der Waals surface area contributed by atoms with Gasteiger partial charge in [0.25, 0.3) is 0 Å². The average Bonchev–Trinajstić information content (AvgIpc) is 2.87. The van der Waals surface area contributed by atoms with Crippen molar-refractivity contribution in [1.82, 2.24) is 0 Å². The number of hydrogen-bond acceptors (Lipinski definition) is 4. The van der Waals surface area contributed by atoms with Gasteiger partial charge in [0, 0.05) is 0 Å². The molecule has 0 N–H and O–H groups in total. The number of fused-ring (bicyclic) bond motifs is 4. The molecule has 4 heteroatoms. The van der Waals surface area contributed by atoms with Gasteiger partial charge in [-0.1, -0.05) is 50.2 Å². The van der Waals surface area contributed by atoms with Crippen molar-refractivity contribution in [3.8, 4) is 0 Å². The van der Waals surface area contributed by atoms with Crippen molar-refractivity contribution in [1.29, 1.82) is 0 Å². The molecule has 0 aromatic heterocycles. The van der Waals surface area contributed by atoms with Crippen LogP contribution in [0, 0.1) is 5.92 Å². The molecular weight excluding hydrogens is 436 g/mol. The first-order chi connectivity index (χ1) is 16.9. The van der Waals surface area contributed by atoms with E-state index >= 15 is 0 Å². The number of ether oxygens (including phenoxy) is 2. The third-order valence-electron chi connectivity index (χ3n) is 6.76. The lowest BCUT2D eigenvalue weighted by atomic mass is 9.96. The van der Waals surface area contributed by atoms with Crippen LogP contribution in [0.5, 0.6) is 0 Å². The predicted molar refractivity (Wildman–Crippen MR) is 141 cm³/mol. The fourth-order valence-electron chi connectivity index (χ4n) is 4.45. The SMILES string of the molecule is CCC(C)C(=O)OCC(=O)OC(C)c1ccc2cc3cc4cc5ccccc5cc4cc3cc2c1. The predicted octanol–water partition coefficient (Wildman–Crippen LogP) is 7.49. The molecule has 0 fully saturated rings. The van der Waals surface area contributed by atoms with Crippen LogP contribution >= 0.6 is 0 Å². The Kier molecular flexibility index (Phi) is 6.12. The first kappa shape index (κ1) is 22.9. The standard InChI is InChI=1S/C31H28O4/c1-4-19(2)31(33)34-18-30(32)35-20(3)21-9-10-24-14-28-16-26-12-22-7-5-6-8-23(22)13-27(26)17-29(28)15-25(24)11-21/h5-17,19-20H,4,18H2,1-3H3. The summed E-state index contributed by atoms with van der Waals surface area (Å²) in [6.45, 7) is 5.14. The van der Waals surface area contributed by atoms with Crippen LogP contribution in [0.1, 0.15) is 38.9 Å². The zero-order valence-electron chi connectivity index (χ0n) is 20.2. The third kappa shape index (κ3) is 4.69. The topological polar surface area (TPSA) is 52.6 Å². The van der Waals surface area contributed by atoms with Crippen LogP contribution in [0.3, 0.4) is 0 Å². The highest BCUT2D eigenvalue weighted by molar-refractivity contribution is 6.08. The molecule has 0 saturated carbocycles. The molecule has 0 aliphatic heterocycles. The molecule has 0 bridgehead atoms. The van der Waals surface area contributed by atoms with Crippen molar-refractivity contribution in [2.24, 2.45) is 5.92 Å². The number of hydrogen-bond donors (Lipinski definition) is 0. The molecule has 35 heavy (non-hydrogen) atoms. The number of carbonyl (C=O) groups is 2. The highest BCUT2D eigenvalue weighted by Crippen LogP contribution is 2.31. The van der Waals surface area contributed by atoms with E-state index in [1.165, 1.54) is 32.3 Å². The molecule has 0 aliphatic rings. The van der Waals surface area contributed by atoms with Crippen molar-refractivity contribution >= 4 is 55.0 Å². The van der Waals surface area contributed by atoms with Crippen LogP contribution in [-0.2, 0) is 19.1 Å². The second kappa shape index (κ2) is 9.38. The Morgan fingerprint density at radius 2 is 1.17 bits per heavy atom. The van der Waals surface area contributed by atoms with E-state index in [9.17, 15) is 9.59 Å². The summed E-state index contributed by atoms with van der Waals surface area (Å²) in [5.41, 5.74) is 0.894. The van der Waals surface area contributed by atoms with Crippen LogP contribution in [0.25, 0.3) is 43.1 Å². The molecule has 2 unspecified atom stereocenters.